The molecule has 3 rings (SSSR count). The van der Waals surface area contributed by atoms with Gasteiger partial charge in [-0.2, -0.15) is 19.6 Å². The molecular weight excluding hydrogens is 310 g/mol. The van der Waals surface area contributed by atoms with Crippen molar-refractivity contribution in [2.24, 2.45) is 0 Å². The van der Waals surface area contributed by atoms with Crippen LogP contribution < -0.4 is 21.3 Å². The number of aromatic nitrogens is 5. The fourth-order valence-electron chi connectivity index (χ4n) is 1.95. The van der Waals surface area contributed by atoms with E-state index in [1.54, 1.807) is 12.1 Å². The predicted octanol–water partition coefficient (Wildman–Crippen LogP) is 1.22. The van der Waals surface area contributed by atoms with E-state index in [9.17, 15) is 4.79 Å². The van der Waals surface area contributed by atoms with Crippen LogP contribution in [0, 0.1) is 0 Å². The van der Waals surface area contributed by atoms with E-state index in [1.165, 1.54) is 16.8 Å². The lowest BCUT2D eigenvalue weighted by Gasteiger charge is -2.08. The number of benzene rings is 1. The van der Waals surface area contributed by atoms with Crippen molar-refractivity contribution in [3.05, 3.63) is 52.8 Å². The summed E-state index contributed by atoms with van der Waals surface area (Å²) >= 11 is 0. The molecule has 122 valence electrons. The van der Waals surface area contributed by atoms with E-state index in [0.717, 1.165) is 0 Å². The van der Waals surface area contributed by atoms with Crippen LogP contribution in [0.2, 0.25) is 0 Å². The largest absolute Gasteiger partial charge is 0.403 e. The monoisotopic (exact) mass is 325 g/mol. The lowest BCUT2D eigenvalue weighted by molar-refractivity contribution is 0.412. The van der Waals surface area contributed by atoms with E-state index >= 15 is 0 Å². The Morgan fingerprint density at radius 3 is 2.67 bits per heavy atom. The van der Waals surface area contributed by atoms with Crippen LogP contribution >= 0.6 is 0 Å². The standard InChI is InChI=1S/C15H15N7O2/c1-2-17-14-18-13(16)19-15(20-14)24-11-8-9-12(23)22(21-11)10-6-4-3-5-7-10/h3-9H,2H2,1H3,(H3,16,17,18,19,20). The maximum Gasteiger partial charge on any atom is 0.330 e. The van der Waals surface area contributed by atoms with Crippen molar-refractivity contribution in [2.45, 2.75) is 6.92 Å². The second-order valence-electron chi connectivity index (χ2n) is 4.69. The van der Waals surface area contributed by atoms with Crippen molar-refractivity contribution >= 4 is 11.9 Å². The van der Waals surface area contributed by atoms with Crippen LogP contribution in [0.5, 0.6) is 11.9 Å². The lowest BCUT2D eigenvalue weighted by Crippen LogP contribution is -2.20. The average Bonchev–Trinajstić information content (AvgIpc) is 2.57. The van der Waals surface area contributed by atoms with Crippen molar-refractivity contribution in [1.29, 1.82) is 0 Å². The van der Waals surface area contributed by atoms with Crippen molar-refractivity contribution < 1.29 is 4.74 Å². The number of hydrogen-bond acceptors (Lipinski definition) is 8. The molecule has 2 aromatic heterocycles. The van der Waals surface area contributed by atoms with Gasteiger partial charge in [-0.15, -0.1) is 5.10 Å². The number of hydrogen-bond donors (Lipinski definition) is 2. The highest BCUT2D eigenvalue weighted by Crippen LogP contribution is 2.16. The van der Waals surface area contributed by atoms with E-state index < -0.39 is 0 Å². The predicted molar refractivity (Wildman–Crippen MR) is 88.3 cm³/mol. The number of nitrogen functional groups attached to an aromatic ring is 1. The molecular formula is C15H15N7O2. The number of para-hydroxylation sites is 1. The molecule has 0 aliphatic rings. The molecule has 0 saturated carbocycles. The van der Waals surface area contributed by atoms with Gasteiger partial charge in [0.05, 0.1) is 5.69 Å². The molecule has 9 nitrogen and oxygen atoms in total. The van der Waals surface area contributed by atoms with E-state index in [2.05, 4.69) is 25.4 Å². The maximum atomic E-state index is 12.0. The van der Waals surface area contributed by atoms with E-state index in [4.69, 9.17) is 10.5 Å². The summed E-state index contributed by atoms with van der Waals surface area (Å²) in [5, 5.41) is 7.09. The molecule has 0 bridgehead atoms. The van der Waals surface area contributed by atoms with Gasteiger partial charge in [0.1, 0.15) is 0 Å². The fraction of sp³-hybridized carbons (Fsp3) is 0.133. The summed E-state index contributed by atoms with van der Waals surface area (Å²) in [6, 6.07) is 11.8. The first-order valence-corrected chi connectivity index (χ1v) is 7.25. The van der Waals surface area contributed by atoms with Gasteiger partial charge in [0.25, 0.3) is 5.56 Å². The summed E-state index contributed by atoms with van der Waals surface area (Å²) in [6.45, 7) is 2.53. The Morgan fingerprint density at radius 2 is 1.92 bits per heavy atom. The molecule has 0 amide bonds. The summed E-state index contributed by atoms with van der Waals surface area (Å²) in [6.07, 6.45) is 0. The average molecular weight is 325 g/mol. The number of nitrogens with zero attached hydrogens (tertiary/aromatic N) is 5. The summed E-state index contributed by atoms with van der Waals surface area (Å²) in [7, 11) is 0. The van der Waals surface area contributed by atoms with Crippen molar-refractivity contribution in [1.82, 2.24) is 24.7 Å². The molecule has 3 aromatic rings. The minimum Gasteiger partial charge on any atom is -0.403 e. The van der Waals surface area contributed by atoms with Crippen LogP contribution in [0.3, 0.4) is 0 Å². The van der Waals surface area contributed by atoms with Crippen molar-refractivity contribution in [3.8, 4) is 17.6 Å². The van der Waals surface area contributed by atoms with Crippen molar-refractivity contribution in [3.63, 3.8) is 0 Å². The summed E-state index contributed by atoms with van der Waals surface area (Å²) in [5.41, 5.74) is 5.97. The summed E-state index contributed by atoms with van der Waals surface area (Å²) in [5.74, 6) is 0.482. The van der Waals surface area contributed by atoms with E-state index in [1.807, 2.05) is 25.1 Å². The SMILES string of the molecule is CCNc1nc(N)nc(Oc2ccc(=O)n(-c3ccccc3)n2)n1. The molecule has 0 aliphatic heterocycles. The maximum absolute atomic E-state index is 12.0. The highest BCUT2D eigenvalue weighted by atomic mass is 16.5. The molecule has 24 heavy (non-hydrogen) atoms. The zero-order chi connectivity index (χ0) is 16.9. The van der Waals surface area contributed by atoms with E-state index in [0.29, 0.717) is 18.2 Å². The molecule has 0 radical (unpaired) electrons. The first kappa shape index (κ1) is 15.4. The Kier molecular flexibility index (Phi) is 4.32. The Bertz CT molecular complexity index is 896. The van der Waals surface area contributed by atoms with Crippen LogP contribution in [0.25, 0.3) is 5.69 Å². The normalized spacial score (nSPS) is 10.4. The van der Waals surface area contributed by atoms with Crippen molar-refractivity contribution in [2.75, 3.05) is 17.6 Å². The Hall–Kier alpha value is -3.49. The van der Waals surface area contributed by atoms with Crippen LogP contribution in [0.4, 0.5) is 11.9 Å². The van der Waals surface area contributed by atoms with Crippen LogP contribution in [-0.4, -0.2) is 31.3 Å². The van der Waals surface area contributed by atoms with Gasteiger partial charge >= 0.3 is 6.01 Å². The molecule has 0 aliphatic carbocycles. The van der Waals surface area contributed by atoms with Gasteiger partial charge in [0, 0.05) is 18.7 Å². The van der Waals surface area contributed by atoms with Gasteiger partial charge in [-0.05, 0) is 19.1 Å². The molecule has 9 heteroatoms. The first-order chi connectivity index (χ1) is 11.7. The Balaban J connectivity index is 1.93. The highest BCUT2D eigenvalue weighted by molar-refractivity contribution is 5.34. The van der Waals surface area contributed by atoms with Gasteiger partial charge in [-0.1, -0.05) is 18.2 Å². The van der Waals surface area contributed by atoms with E-state index in [-0.39, 0.29) is 23.4 Å². The third-order valence-corrected chi connectivity index (χ3v) is 2.94. The lowest BCUT2D eigenvalue weighted by atomic mass is 10.3. The fourth-order valence-corrected chi connectivity index (χ4v) is 1.95. The third kappa shape index (κ3) is 3.46. The minimum absolute atomic E-state index is 0.00999. The number of ether oxygens (including phenoxy) is 1. The van der Waals surface area contributed by atoms with Gasteiger partial charge < -0.3 is 15.8 Å². The van der Waals surface area contributed by atoms with Gasteiger partial charge in [-0.25, -0.2) is 0 Å². The van der Waals surface area contributed by atoms with Gasteiger partial charge in [-0.3, -0.25) is 4.79 Å². The minimum atomic E-state index is -0.281. The Labute approximate surface area is 137 Å². The second kappa shape index (κ2) is 6.73. The number of nitrogens with one attached hydrogen (secondary N) is 1. The molecule has 0 saturated heterocycles. The van der Waals surface area contributed by atoms with Crippen LogP contribution in [-0.2, 0) is 0 Å². The second-order valence-corrected chi connectivity index (χ2v) is 4.69. The molecule has 3 N–H and O–H groups in total. The van der Waals surface area contributed by atoms with Crippen LogP contribution in [0.1, 0.15) is 6.92 Å². The molecule has 1 aromatic carbocycles. The molecule has 0 unspecified atom stereocenters. The topological polar surface area (TPSA) is 121 Å². The quantitative estimate of drug-likeness (QED) is 0.718. The summed E-state index contributed by atoms with van der Waals surface area (Å²) in [4.78, 5) is 23.9. The number of rotatable bonds is 5. The summed E-state index contributed by atoms with van der Waals surface area (Å²) < 4.78 is 6.74. The number of anilines is 2. The molecule has 2 heterocycles. The first-order valence-electron chi connectivity index (χ1n) is 7.25. The van der Waals surface area contributed by atoms with Crippen LogP contribution in [0.15, 0.2) is 47.3 Å². The zero-order valence-corrected chi connectivity index (χ0v) is 12.9. The van der Waals surface area contributed by atoms with Gasteiger partial charge in [0.15, 0.2) is 0 Å². The highest BCUT2D eigenvalue weighted by Gasteiger charge is 2.09. The molecule has 0 spiro atoms. The molecule has 0 atom stereocenters. The zero-order valence-electron chi connectivity index (χ0n) is 12.9. The third-order valence-electron chi connectivity index (χ3n) is 2.94. The molecule has 0 fully saturated rings. The Morgan fingerprint density at radius 1 is 1.12 bits per heavy atom. The van der Waals surface area contributed by atoms with Gasteiger partial charge in [0.2, 0.25) is 17.8 Å². The number of nitrogens with two attached hydrogens (primary N) is 1. The smallest absolute Gasteiger partial charge is 0.330 e.